The Balaban J connectivity index is 0.00000109. The average molecular weight is 356 g/mol. The molecule has 3 saturated carbocycles. The van der Waals surface area contributed by atoms with E-state index in [4.69, 9.17) is 5.11 Å². The number of carbonyl (C=O) groups excluding carboxylic acids is 1. The Labute approximate surface area is 153 Å². The molecule has 0 aromatic rings. The second-order valence-corrected chi connectivity index (χ2v) is 7.98. The Hall–Kier alpha value is -1.46. The summed E-state index contributed by atoms with van der Waals surface area (Å²) < 4.78 is 0. The number of hydrogen-bond acceptors (Lipinski definition) is 2. The van der Waals surface area contributed by atoms with E-state index in [1.54, 1.807) is 4.90 Å². The molecule has 0 aromatic carbocycles. The van der Waals surface area contributed by atoms with Crippen molar-refractivity contribution >= 4 is 12.1 Å². The van der Waals surface area contributed by atoms with Crippen LogP contribution in [0.1, 0.15) is 67.6 Å². The number of nitrogens with zero attached hydrogens (tertiary/aromatic N) is 2. The van der Waals surface area contributed by atoms with Crippen molar-refractivity contribution in [3.05, 3.63) is 0 Å². The Morgan fingerprint density at radius 3 is 1.76 bits per heavy atom. The molecule has 0 atom stereocenters. The summed E-state index contributed by atoms with van der Waals surface area (Å²) in [5, 5.41) is 12.3. The zero-order valence-electron chi connectivity index (χ0n) is 16.3. The van der Waals surface area contributed by atoms with Crippen molar-refractivity contribution in [2.75, 3.05) is 26.2 Å². The van der Waals surface area contributed by atoms with Gasteiger partial charge in [0.05, 0.1) is 0 Å². The van der Waals surface area contributed by atoms with Crippen molar-refractivity contribution in [1.29, 1.82) is 0 Å². The molecule has 4 aliphatic rings. The SMILES string of the molecule is CC.CC(C)C12CCC(NC(=O)N3CCN(C(=O)O)CC3)(CC1)CC2.[HH]. The predicted octanol–water partition coefficient (Wildman–Crippen LogP) is 4.01. The van der Waals surface area contributed by atoms with Crippen molar-refractivity contribution in [2.45, 2.75) is 71.8 Å². The second kappa shape index (κ2) is 7.83. The third-order valence-corrected chi connectivity index (χ3v) is 6.74. The van der Waals surface area contributed by atoms with Crippen LogP contribution in [0.2, 0.25) is 0 Å². The van der Waals surface area contributed by atoms with Gasteiger partial charge in [-0.05, 0) is 49.9 Å². The van der Waals surface area contributed by atoms with Crippen LogP contribution in [-0.4, -0.2) is 58.7 Å². The molecular weight excluding hydrogens is 318 g/mol. The Kier molecular flexibility index (Phi) is 6.22. The highest BCUT2D eigenvalue weighted by Gasteiger charge is 2.50. The van der Waals surface area contributed by atoms with E-state index in [-0.39, 0.29) is 13.0 Å². The minimum Gasteiger partial charge on any atom is -0.465 e. The molecule has 2 bridgehead atoms. The van der Waals surface area contributed by atoms with Crippen LogP contribution in [0, 0.1) is 11.3 Å². The van der Waals surface area contributed by atoms with Gasteiger partial charge in [-0.25, -0.2) is 9.59 Å². The van der Waals surface area contributed by atoms with Gasteiger partial charge in [-0.3, -0.25) is 0 Å². The monoisotopic (exact) mass is 355 g/mol. The fourth-order valence-corrected chi connectivity index (χ4v) is 4.67. The highest BCUT2D eigenvalue weighted by Crippen LogP contribution is 2.55. The molecule has 1 aliphatic heterocycles. The molecule has 0 aromatic heterocycles. The summed E-state index contributed by atoms with van der Waals surface area (Å²) in [5.74, 6) is 0.723. The van der Waals surface area contributed by atoms with E-state index < -0.39 is 6.09 Å². The van der Waals surface area contributed by atoms with Crippen molar-refractivity contribution in [3.8, 4) is 0 Å². The van der Waals surface area contributed by atoms with Gasteiger partial charge in [0, 0.05) is 33.1 Å². The van der Waals surface area contributed by atoms with Crippen molar-refractivity contribution in [2.24, 2.45) is 11.3 Å². The van der Waals surface area contributed by atoms with Gasteiger partial charge >= 0.3 is 12.1 Å². The Morgan fingerprint density at radius 2 is 1.36 bits per heavy atom. The van der Waals surface area contributed by atoms with Gasteiger partial charge in [0.1, 0.15) is 0 Å². The zero-order chi connectivity index (χ0) is 18.7. The number of hydrogen-bond donors (Lipinski definition) is 2. The first-order valence-corrected chi connectivity index (χ1v) is 9.91. The quantitative estimate of drug-likeness (QED) is 0.786. The average Bonchev–Trinajstić information content (AvgIpc) is 2.64. The highest BCUT2D eigenvalue weighted by molar-refractivity contribution is 5.75. The van der Waals surface area contributed by atoms with Gasteiger partial charge < -0.3 is 20.2 Å². The molecule has 0 unspecified atom stereocenters. The third-order valence-electron chi connectivity index (χ3n) is 6.74. The lowest BCUT2D eigenvalue weighted by molar-refractivity contribution is -0.00795. The first-order chi connectivity index (χ1) is 11.9. The molecule has 1 saturated heterocycles. The first kappa shape index (κ1) is 19.9. The van der Waals surface area contributed by atoms with E-state index in [9.17, 15) is 9.59 Å². The summed E-state index contributed by atoms with van der Waals surface area (Å²) in [6, 6.07) is -0.00557. The number of rotatable bonds is 2. The van der Waals surface area contributed by atoms with Gasteiger partial charge in [0.2, 0.25) is 0 Å². The molecule has 146 valence electrons. The summed E-state index contributed by atoms with van der Waals surface area (Å²) in [4.78, 5) is 26.7. The zero-order valence-corrected chi connectivity index (χ0v) is 16.3. The molecular formula is C19H37N3O3. The van der Waals surface area contributed by atoms with Crippen molar-refractivity contribution < 1.29 is 16.1 Å². The number of urea groups is 1. The van der Waals surface area contributed by atoms with Crippen molar-refractivity contribution in [3.63, 3.8) is 0 Å². The lowest BCUT2D eigenvalue weighted by Gasteiger charge is -2.56. The van der Waals surface area contributed by atoms with Crippen LogP contribution in [0.5, 0.6) is 0 Å². The number of carboxylic acid groups (broad SMARTS) is 1. The Bertz CT molecular complexity index is 466. The van der Waals surface area contributed by atoms with Gasteiger partial charge in [-0.15, -0.1) is 0 Å². The number of fused-ring (bicyclic) bond motifs is 3. The smallest absolute Gasteiger partial charge is 0.407 e. The van der Waals surface area contributed by atoms with Gasteiger partial charge in [-0.2, -0.15) is 0 Å². The largest absolute Gasteiger partial charge is 0.465 e. The normalized spacial score (nSPS) is 31.4. The number of amides is 3. The van der Waals surface area contributed by atoms with E-state index >= 15 is 0 Å². The van der Waals surface area contributed by atoms with E-state index in [0.717, 1.165) is 25.2 Å². The maximum Gasteiger partial charge on any atom is 0.407 e. The maximum atomic E-state index is 12.6. The second-order valence-electron chi connectivity index (χ2n) is 7.98. The summed E-state index contributed by atoms with van der Waals surface area (Å²) in [6.07, 6.45) is 6.03. The standard InChI is InChI=1S/C17H29N3O3.C2H6.H2/c1-13(2)16-3-6-17(7-4-16,8-5-16)18-14(21)19-9-11-20(12-10-19)15(22)23;1-2;/h13H,3-12H2,1-2H3,(H,18,21)(H,22,23);1-2H3;1H. The fraction of sp³-hybridized carbons (Fsp3) is 0.895. The van der Waals surface area contributed by atoms with Crippen LogP contribution in [0.25, 0.3) is 0 Å². The lowest BCUT2D eigenvalue weighted by Crippen LogP contribution is -2.61. The highest BCUT2D eigenvalue weighted by atomic mass is 16.4. The van der Waals surface area contributed by atoms with Crippen LogP contribution in [0.15, 0.2) is 0 Å². The molecule has 3 amide bonds. The van der Waals surface area contributed by atoms with Crippen molar-refractivity contribution in [1.82, 2.24) is 15.1 Å². The fourth-order valence-electron chi connectivity index (χ4n) is 4.67. The summed E-state index contributed by atoms with van der Waals surface area (Å²) >= 11 is 0. The van der Waals surface area contributed by atoms with Gasteiger partial charge in [0.25, 0.3) is 0 Å². The van der Waals surface area contributed by atoms with Crippen LogP contribution < -0.4 is 5.32 Å². The molecule has 0 spiro atoms. The minimum atomic E-state index is -0.895. The minimum absolute atomic E-state index is 0. The molecule has 3 aliphatic carbocycles. The molecule has 6 heteroatoms. The van der Waals surface area contributed by atoms with E-state index in [2.05, 4.69) is 19.2 Å². The molecule has 4 rings (SSSR count). The predicted molar refractivity (Wildman–Crippen MR) is 101 cm³/mol. The lowest BCUT2D eigenvalue weighted by atomic mass is 9.53. The molecule has 6 nitrogen and oxygen atoms in total. The molecule has 2 N–H and O–H groups in total. The first-order valence-electron chi connectivity index (χ1n) is 9.91. The molecule has 25 heavy (non-hydrogen) atoms. The molecule has 0 radical (unpaired) electrons. The topological polar surface area (TPSA) is 72.9 Å². The van der Waals surface area contributed by atoms with E-state index in [0.29, 0.717) is 31.6 Å². The van der Waals surface area contributed by atoms with Crippen LogP contribution in [0.3, 0.4) is 0 Å². The van der Waals surface area contributed by atoms with E-state index in [1.165, 1.54) is 24.2 Å². The van der Waals surface area contributed by atoms with E-state index in [1.807, 2.05) is 13.8 Å². The number of nitrogens with one attached hydrogen (secondary N) is 1. The summed E-state index contributed by atoms with van der Waals surface area (Å²) in [7, 11) is 0. The van der Waals surface area contributed by atoms with Gasteiger partial charge in [0.15, 0.2) is 0 Å². The molecule has 4 fully saturated rings. The van der Waals surface area contributed by atoms with Crippen LogP contribution in [0.4, 0.5) is 9.59 Å². The van der Waals surface area contributed by atoms with Gasteiger partial charge in [-0.1, -0.05) is 27.7 Å². The van der Waals surface area contributed by atoms with Crippen LogP contribution >= 0.6 is 0 Å². The third kappa shape index (κ3) is 4.04. The maximum absolute atomic E-state index is 12.6. The summed E-state index contributed by atoms with van der Waals surface area (Å²) in [6.45, 7) is 10.5. The number of carbonyl (C=O) groups is 2. The molecule has 1 heterocycles. The summed E-state index contributed by atoms with van der Waals surface area (Å²) in [5.41, 5.74) is 0.483. The van der Waals surface area contributed by atoms with Crippen LogP contribution in [-0.2, 0) is 0 Å². The number of piperazine rings is 1. The Morgan fingerprint density at radius 1 is 0.920 bits per heavy atom.